The van der Waals surface area contributed by atoms with Crippen molar-refractivity contribution in [2.75, 3.05) is 26.3 Å². The molecular weight excluding hydrogens is 234 g/mol. The molecule has 0 aliphatic carbocycles. The molecule has 0 fully saturated rings. The fourth-order valence-corrected chi connectivity index (χ4v) is 1.62. The molecule has 5 heteroatoms. The van der Waals surface area contributed by atoms with Crippen LogP contribution in [0.2, 0.25) is 0 Å². The van der Waals surface area contributed by atoms with Gasteiger partial charge in [-0.3, -0.25) is 4.79 Å². The average molecular weight is 253 g/mol. The van der Waals surface area contributed by atoms with Crippen molar-refractivity contribution in [3.63, 3.8) is 0 Å². The lowest BCUT2D eigenvalue weighted by Gasteiger charge is -2.20. The van der Waals surface area contributed by atoms with E-state index in [0.717, 1.165) is 0 Å². The minimum Gasteiger partial charge on any atom is -0.508 e. The van der Waals surface area contributed by atoms with Crippen molar-refractivity contribution in [1.82, 2.24) is 4.90 Å². The summed E-state index contributed by atoms with van der Waals surface area (Å²) in [6.45, 7) is 5.87. The number of rotatable bonds is 6. The number of benzene rings is 1. The summed E-state index contributed by atoms with van der Waals surface area (Å²) in [5.74, 6) is -0.484. The standard InChI is InChI=1S/C13H19NO4/c1-3-14(5-6-18-4-2)13(17)10-7-11(15)9-12(16)8-10/h7-9,15-16H,3-6H2,1-2H3. The lowest BCUT2D eigenvalue weighted by molar-refractivity contribution is 0.0668. The highest BCUT2D eigenvalue weighted by atomic mass is 16.5. The maximum atomic E-state index is 12.1. The van der Waals surface area contributed by atoms with Gasteiger partial charge in [-0.25, -0.2) is 0 Å². The van der Waals surface area contributed by atoms with Crippen LogP contribution < -0.4 is 0 Å². The maximum Gasteiger partial charge on any atom is 0.254 e. The van der Waals surface area contributed by atoms with Gasteiger partial charge < -0.3 is 19.8 Å². The zero-order chi connectivity index (χ0) is 13.5. The molecule has 18 heavy (non-hydrogen) atoms. The van der Waals surface area contributed by atoms with E-state index in [4.69, 9.17) is 4.74 Å². The summed E-state index contributed by atoms with van der Waals surface area (Å²) >= 11 is 0. The minimum atomic E-state index is -0.233. The molecule has 0 aliphatic rings. The van der Waals surface area contributed by atoms with Crippen molar-refractivity contribution in [3.8, 4) is 11.5 Å². The molecule has 2 N–H and O–H groups in total. The molecule has 0 spiro atoms. The summed E-state index contributed by atoms with van der Waals surface area (Å²) in [7, 11) is 0. The van der Waals surface area contributed by atoms with E-state index >= 15 is 0 Å². The molecule has 0 aliphatic heterocycles. The smallest absolute Gasteiger partial charge is 0.254 e. The second-order valence-electron chi connectivity index (χ2n) is 3.82. The Morgan fingerprint density at radius 2 is 1.83 bits per heavy atom. The van der Waals surface area contributed by atoms with Gasteiger partial charge in [0.15, 0.2) is 0 Å². The van der Waals surface area contributed by atoms with Crippen LogP contribution in [-0.4, -0.2) is 47.3 Å². The number of amides is 1. The highest BCUT2D eigenvalue weighted by molar-refractivity contribution is 5.95. The van der Waals surface area contributed by atoms with Gasteiger partial charge in [0.2, 0.25) is 0 Å². The molecule has 0 saturated carbocycles. The third kappa shape index (κ3) is 3.92. The molecular formula is C13H19NO4. The number of hydrogen-bond acceptors (Lipinski definition) is 4. The van der Waals surface area contributed by atoms with Gasteiger partial charge in [0, 0.05) is 31.3 Å². The van der Waals surface area contributed by atoms with E-state index in [1.165, 1.54) is 18.2 Å². The molecule has 0 saturated heterocycles. The first kappa shape index (κ1) is 14.3. The number of likely N-dealkylation sites (N-methyl/N-ethyl adjacent to an activating group) is 1. The van der Waals surface area contributed by atoms with Crippen molar-refractivity contribution in [3.05, 3.63) is 23.8 Å². The fraction of sp³-hybridized carbons (Fsp3) is 0.462. The van der Waals surface area contributed by atoms with Crippen LogP contribution in [-0.2, 0) is 4.74 Å². The number of hydrogen-bond donors (Lipinski definition) is 2. The van der Waals surface area contributed by atoms with Crippen LogP contribution >= 0.6 is 0 Å². The summed E-state index contributed by atoms with van der Waals surface area (Å²) in [4.78, 5) is 13.7. The SMILES string of the molecule is CCOCCN(CC)C(=O)c1cc(O)cc(O)c1. The summed E-state index contributed by atoms with van der Waals surface area (Å²) in [6.07, 6.45) is 0. The van der Waals surface area contributed by atoms with Gasteiger partial charge in [0.05, 0.1) is 6.61 Å². The normalized spacial score (nSPS) is 10.3. The van der Waals surface area contributed by atoms with Crippen LogP contribution in [0.3, 0.4) is 0 Å². The quantitative estimate of drug-likeness (QED) is 0.755. The first-order valence-electron chi connectivity index (χ1n) is 5.98. The van der Waals surface area contributed by atoms with Gasteiger partial charge in [-0.15, -0.1) is 0 Å². The molecule has 0 aromatic heterocycles. The zero-order valence-corrected chi connectivity index (χ0v) is 10.7. The summed E-state index contributed by atoms with van der Waals surface area (Å²) in [5, 5.41) is 18.7. The Kier molecular flexibility index (Phi) is 5.45. The van der Waals surface area contributed by atoms with Crippen LogP contribution in [0, 0.1) is 0 Å². The Morgan fingerprint density at radius 1 is 1.22 bits per heavy atom. The monoisotopic (exact) mass is 253 g/mol. The number of carbonyl (C=O) groups is 1. The second-order valence-corrected chi connectivity index (χ2v) is 3.82. The van der Waals surface area contributed by atoms with Crippen LogP contribution in [0.4, 0.5) is 0 Å². The first-order chi connectivity index (χ1) is 8.58. The molecule has 1 rings (SSSR count). The van der Waals surface area contributed by atoms with Gasteiger partial charge >= 0.3 is 0 Å². The molecule has 0 radical (unpaired) electrons. The van der Waals surface area contributed by atoms with Crippen LogP contribution in [0.1, 0.15) is 24.2 Å². The van der Waals surface area contributed by atoms with E-state index in [2.05, 4.69) is 0 Å². The van der Waals surface area contributed by atoms with E-state index in [-0.39, 0.29) is 23.0 Å². The average Bonchev–Trinajstić information content (AvgIpc) is 2.33. The molecule has 0 atom stereocenters. The molecule has 1 aromatic carbocycles. The highest BCUT2D eigenvalue weighted by Crippen LogP contribution is 2.21. The van der Waals surface area contributed by atoms with Gasteiger partial charge in [-0.1, -0.05) is 0 Å². The van der Waals surface area contributed by atoms with Crippen LogP contribution in [0.5, 0.6) is 11.5 Å². The second kappa shape index (κ2) is 6.86. The Hall–Kier alpha value is -1.75. The number of nitrogens with zero attached hydrogens (tertiary/aromatic N) is 1. The largest absolute Gasteiger partial charge is 0.508 e. The molecule has 1 aromatic rings. The van der Waals surface area contributed by atoms with E-state index in [1.807, 2.05) is 13.8 Å². The number of phenols is 2. The van der Waals surface area contributed by atoms with Gasteiger partial charge in [-0.05, 0) is 26.0 Å². The Labute approximate surface area is 107 Å². The summed E-state index contributed by atoms with van der Waals surface area (Å²) < 4.78 is 5.21. The van der Waals surface area contributed by atoms with Gasteiger partial charge in [-0.2, -0.15) is 0 Å². The predicted octanol–water partition coefficient (Wildman–Crippen LogP) is 1.60. The molecule has 1 amide bonds. The molecule has 5 nitrogen and oxygen atoms in total. The molecule has 100 valence electrons. The lowest BCUT2D eigenvalue weighted by atomic mass is 10.1. The van der Waals surface area contributed by atoms with Crippen molar-refractivity contribution >= 4 is 5.91 Å². The fourth-order valence-electron chi connectivity index (χ4n) is 1.62. The lowest BCUT2D eigenvalue weighted by Crippen LogP contribution is -2.33. The third-order valence-corrected chi connectivity index (χ3v) is 2.53. The summed E-state index contributed by atoms with van der Waals surface area (Å²) in [5.41, 5.74) is 0.269. The van der Waals surface area contributed by atoms with E-state index in [0.29, 0.717) is 26.3 Å². The van der Waals surface area contributed by atoms with Crippen molar-refractivity contribution in [2.45, 2.75) is 13.8 Å². The van der Waals surface area contributed by atoms with Gasteiger partial charge in [0.25, 0.3) is 5.91 Å². The van der Waals surface area contributed by atoms with E-state index in [9.17, 15) is 15.0 Å². The Bertz CT molecular complexity index is 386. The number of ether oxygens (including phenoxy) is 1. The highest BCUT2D eigenvalue weighted by Gasteiger charge is 2.15. The Morgan fingerprint density at radius 3 is 2.33 bits per heavy atom. The Balaban J connectivity index is 2.76. The molecule has 0 unspecified atom stereocenters. The summed E-state index contributed by atoms with van der Waals surface area (Å²) in [6, 6.07) is 3.87. The van der Waals surface area contributed by atoms with Crippen molar-refractivity contribution < 1.29 is 19.7 Å². The zero-order valence-electron chi connectivity index (χ0n) is 10.7. The van der Waals surface area contributed by atoms with Crippen molar-refractivity contribution in [1.29, 1.82) is 0 Å². The topological polar surface area (TPSA) is 70.0 Å². The van der Waals surface area contributed by atoms with Gasteiger partial charge in [0.1, 0.15) is 11.5 Å². The van der Waals surface area contributed by atoms with E-state index in [1.54, 1.807) is 4.90 Å². The number of phenolic OH excluding ortho intramolecular Hbond substituents is 2. The van der Waals surface area contributed by atoms with E-state index < -0.39 is 0 Å². The van der Waals surface area contributed by atoms with Crippen LogP contribution in [0.25, 0.3) is 0 Å². The predicted molar refractivity (Wildman–Crippen MR) is 67.8 cm³/mol. The number of aromatic hydroxyl groups is 2. The maximum absolute atomic E-state index is 12.1. The van der Waals surface area contributed by atoms with Crippen molar-refractivity contribution in [2.24, 2.45) is 0 Å². The molecule has 0 bridgehead atoms. The molecule has 0 heterocycles. The third-order valence-electron chi connectivity index (χ3n) is 2.53. The number of carbonyl (C=O) groups excluding carboxylic acids is 1. The van der Waals surface area contributed by atoms with Crippen LogP contribution in [0.15, 0.2) is 18.2 Å². The first-order valence-corrected chi connectivity index (χ1v) is 5.98. The minimum absolute atomic E-state index is 0.126.